The molecule has 9 nitrogen and oxygen atoms in total. The van der Waals surface area contributed by atoms with Crippen LogP contribution in [-0.4, -0.2) is 43.4 Å². The molecule has 184 valence electrons. The van der Waals surface area contributed by atoms with Gasteiger partial charge in [0.2, 0.25) is 0 Å². The van der Waals surface area contributed by atoms with Crippen molar-refractivity contribution in [2.75, 3.05) is 30.2 Å². The number of hydrogen-bond acceptors (Lipinski definition) is 7. The number of nitrogens with zero attached hydrogens (tertiary/aromatic N) is 1. The number of rotatable bonds is 10. The van der Waals surface area contributed by atoms with E-state index in [9.17, 15) is 13.5 Å². The van der Waals surface area contributed by atoms with Gasteiger partial charge in [-0.15, -0.1) is 0 Å². The standard InChI is InChI=1S/C23H23Cl2N5O4S/c24-19-7-4-14(10-21(19)30-35(32,33)17-3-1-2-15(26)11-17)22(31)13-27-8-9-34-16-5-6-18-20(12-16)28-29-23(18)25/h1-7,10-12,22,27,30-31H,8-9,13,26H2,(H,28,29)/t22-/m0/s1. The summed E-state index contributed by atoms with van der Waals surface area (Å²) in [4.78, 5) is 0.0101. The molecule has 1 atom stereocenters. The lowest BCUT2D eigenvalue weighted by molar-refractivity contribution is 0.172. The second-order valence-electron chi connectivity index (χ2n) is 7.71. The van der Waals surface area contributed by atoms with Crippen LogP contribution in [0, 0.1) is 0 Å². The van der Waals surface area contributed by atoms with Gasteiger partial charge in [-0.3, -0.25) is 9.82 Å². The first-order valence-corrected chi connectivity index (χ1v) is 12.8. The number of aliphatic hydroxyl groups is 1. The molecule has 0 saturated heterocycles. The summed E-state index contributed by atoms with van der Waals surface area (Å²) in [6.45, 7) is 1.06. The maximum atomic E-state index is 12.7. The molecule has 0 fully saturated rings. The number of aliphatic hydroxyl groups excluding tert-OH is 1. The zero-order chi connectivity index (χ0) is 25.0. The summed E-state index contributed by atoms with van der Waals surface area (Å²) in [5, 5.41) is 21.9. The SMILES string of the molecule is Nc1cccc(S(=O)(=O)Nc2cc([C@@H](O)CNCCOc3ccc4c(Cl)n[nH]c4c3)ccc2Cl)c1. The Balaban J connectivity index is 1.31. The fraction of sp³-hybridized carbons (Fsp3) is 0.174. The highest BCUT2D eigenvalue weighted by Gasteiger charge is 2.18. The van der Waals surface area contributed by atoms with Gasteiger partial charge in [-0.25, -0.2) is 8.42 Å². The van der Waals surface area contributed by atoms with Crippen LogP contribution in [0.15, 0.2) is 65.6 Å². The molecule has 1 aromatic heterocycles. The quantitative estimate of drug-likeness (QED) is 0.153. The molecule has 1 heterocycles. The Morgan fingerprint density at radius 3 is 2.74 bits per heavy atom. The third-order valence-corrected chi connectivity index (χ3v) is 7.14. The minimum absolute atomic E-state index is 0.0101. The van der Waals surface area contributed by atoms with E-state index in [4.69, 9.17) is 33.7 Å². The zero-order valence-electron chi connectivity index (χ0n) is 18.3. The normalized spacial score (nSPS) is 12.5. The van der Waals surface area contributed by atoms with Gasteiger partial charge in [0.15, 0.2) is 5.15 Å². The van der Waals surface area contributed by atoms with E-state index < -0.39 is 16.1 Å². The van der Waals surface area contributed by atoms with Crippen molar-refractivity contribution in [3.63, 3.8) is 0 Å². The number of ether oxygens (including phenoxy) is 1. The third-order valence-electron chi connectivity index (χ3n) is 5.16. The molecule has 3 aromatic carbocycles. The molecule has 0 aliphatic rings. The Labute approximate surface area is 212 Å². The molecule has 6 N–H and O–H groups in total. The highest BCUT2D eigenvalue weighted by atomic mass is 35.5. The van der Waals surface area contributed by atoms with E-state index in [1.54, 1.807) is 24.3 Å². The number of H-pyrrole nitrogens is 1. The minimum Gasteiger partial charge on any atom is -0.492 e. The van der Waals surface area contributed by atoms with Crippen LogP contribution < -0.4 is 20.5 Å². The second-order valence-corrected chi connectivity index (χ2v) is 10.2. The molecule has 0 spiro atoms. The number of halogens is 2. The Kier molecular flexibility index (Phi) is 7.68. The molecular formula is C23H23Cl2N5O4S. The van der Waals surface area contributed by atoms with E-state index in [0.717, 1.165) is 10.9 Å². The zero-order valence-corrected chi connectivity index (χ0v) is 20.7. The summed E-state index contributed by atoms with van der Waals surface area (Å²) >= 11 is 12.2. The monoisotopic (exact) mass is 535 g/mol. The molecule has 0 unspecified atom stereocenters. The second kappa shape index (κ2) is 10.7. The van der Waals surface area contributed by atoms with Crippen molar-refractivity contribution in [1.82, 2.24) is 15.5 Å². The molecule has 0 saturated carbocycles. The molecule has 0 radical (unpaired) electrons. The first-order chi connectivity index (χ1) is 16.7. The number of nitrogens with one attached hydrogen (secondary N) is 3. The highest BCUT2D eigenvalue weighted by molar-refractivity contribution is 7.92. The number of aromatic amines is 1. The summed E-state index contributed by atoms with van der Waals surface area (Å²) in [6, 6.07) is 16.0. The summed E-state index contributed by atoms with van der Waals surface area (Å²) in [7, 11) is -3.91. The number of nitrogens with two attached hydrogens (primary N) is 1. The predicted octanol–water partition coefficient (Wildman–Crippen LogP) is 3.95. The van der Waals surface area contributed by atoms with E-state index in [1.165, 1.54) is 24.3 Å². The maximum absolute atomic E-state index is 12.7. The molecule has 0 amide bonds. The Morgan fingerprint density at radius 2 is 1.94 bits per heavy atom. The number of aromatic nitrogens is 2. The van der Waals surface area contributed by atoms with Gasteiger partial charge in [0.25, 0.3) is 10.0 Å². The number of benzene rings is 3. The molecule has 0 aliphatic heterocycles. The Morgan fingerprint density at radius 1 is 1.11 bits per heavy atom. The lowest BCUT2D eigenvalue weighted by atomic mass is 10.1. The Hall–Kier alpha value is -3.02. The summed E-state index contributed by atoms with van der Waals surface area (Å²) in [5.74, 6) is 0.662. The van der Waals surface area contributed by atoms with Crippen LogP contribution in [-0.2, 0) is 10.0 Å². The topological polar surface area (TPSA) is 142 Å². The van der Waals surface area contributed by atoms with Crippen molar-refractivity contribution >= 4 is 55.5 Å². The number of fused-ring (bicyclic) bond motifs is 1. The van der Waals surface area contributed by atoms with Gasteiger partial charge < -0.3 is 20.9 Å². The van der Waals surface area contributed by atoms with Crippen LogP contribution in [0.25, 0.3) is 10.9 Å². The molecule has 4 aromatic rings. The fourth-order valence-electron chi connectivity index (χ4n) is 3.37. The van der Waals surface area contributed by atoms with Crippen LogP contribution in [0.5, 0.6) is 5.75 Å². The van der Waals surface area contributed by atoms with Gasteiger partial charge in [0.1, 0.15) is 12.4 Å². The lowest BCUT2D eigenvalue weighted by Crippen LogP contribution is -2.26. The van der Waals surface area contributed by atoms with Gasteiger partial charge in [-0.2, -0.15) is 5.10 Å². The molecule has 0 aliphatic carbocycles. The first kappa shape index (κ1) is 25.1. The van der Waals surface area contributed by atoms with Crippen LogP contribution in [0.3, 0.4) is 0 Å². The molecule has 4 rings (SSSR count). The van der Waals surface area contributed by atoms with Crippen molar-refractivity contribution < 1.29 is 18.3 Å². The number of sulfonamides is 1. The number of hydrogen-bond donors (Lipinski definition) is 5. The van der Waals surface area contributed by atoms with E-state index >= 15 is 0 Å². The smallest absolute Gasteiger partial charge is 0.262 e. The van der Waals surface area contributed by atoms with Gasteiger partial charge in [0, 0.05) is 30.2 Å². The summed E-state index contributed by atoms with van der Waals surface area (Å²) < 4.78 is 33.6. The number of nitrogen functional groups attached to an aromatic ring is 1. The maximum Gasteiger partial charge on any atom is 0.262 e. The average molecular weight is 536 g/mol. The third kappa shape index (κ3) is 6.16. The van der Waals surface area contributed by atoms with Gasteiger partial charge in [-0.05, 0) is 48.0 Å². The molecular weight excluding hydrogens is 513 g/mol. The largest absolute Gasteiger partial charge is 0.492 e. The van der Waals surface area contributed by atoms with E-state index in [2.05, 4.69) is 20.2 Å². The molecule has 35 heavy (non-hydrogen) atoms. The first-order valence-electron chi connectivity index (χ1n) is 10.6. The molecule has 12 heteroatoms. The van der Waals surface area contributed by atoms with Gasteiger partial charge in [0.05, 0.1) is 27.2 Å². The lowest BCUT2D eigenvalue weighted by Gasteiger charge is -2.16. The van der Waals surface area contributed by atoms with Gasteiger partial charge in [-0.1, -0.05) is 35.3 Å². The average Bonchev–Trinajstić information content (AvgIpc) is 3.20. The van der Waals surface area contributed by atoms with Crippen LogP contribution >= 0.6 is 23.2 Å². The van der Waals surface area contributed by atoms with Gasteiger partial charge >= 0.3 is 0 Å². The summed E-state index contributed by atoms with van der Waals surface area (Å²) in [5.41, 5.74) is 7.44. The fourth-order valence-corrected chi connectivity index (χ4v) is 4.92. The van der Waals surface area contributed by atoms with Crippen LogP contribution in [0.1, 0.15) is 11.7 Å². The minimum atomic E-state index is -3.91. The van der Waals surface area contributed by atoms with Crippen molar-refractivity contribution in [3.8, 4) is 5.75 Å². The number of anilines is 2. The van der Waals surface area contributed by atoms with Crippen molar-refractivity contribution in [2.45, 2.75) is 11.0 Å². The highest BCUT2D eigenvalue weighted by Crippen LogP contribution is 2.29. The Bertz CT molecular complexity index is 1450. The van der Waals surface area contributed by atoms with Crippen molar-refractivity contribution in [1.29, 1.82) is 0 Å². The van der Waals surface area contributed by atoms with Crippen LogP contribution in [0.4, 0.5) is 11.4 Å². The predicted molar refractivity (Wildman–Crippen MR) is 138 cm³/mol. The van der Waals surface area contributed by atoms with Crippen LogP contribution in [0.2, 0.25) is 10.2 Å². The van der Waals surface area contributed by atoms with Crippen molar-refractivity contribution in [3.05, 3.63) is 76.4 Å². The van der Waals surface area contributed by atoms with E-state index in [-0.39, 0.29) is 22.2 Å². The summed E-state index contributed by atoms with van der Waals surface area (Å²) in [6.07, 6.45) is -0.897. The van der Waals surface area contributed by atoms with E-state index in [1.807, 2.05) is 12.1 Å². The van der Waals surface area contributed by atoms with Crippen molar-refractivity contribution in [2.24, 2.45) is 0 Å². The molecule has 0 bridgehead atoms. The van der Waals surface area contributed by atoms with E-state index in [0.29, 0.717) is 35.3 Å².